The molecular formula is C25H29N5O2. The van der Waals surface area contributed by atoms with Crippen molar-refractivity contribution in [1.29, 1.82) is 0 Å². The molecule has 2 atom stereocenters. The van der Waals surface area contributed by atoms with Gasteiger partial charge in [-0.05, 0) is 43.7 Å². The third kappa shape index (κ3) is 3.29. The van der Waals surface area contributed by atoms with Crippen molar-refractivity contribution in [1.82, 2.24) is 19.0 Å². The molecule has 166 valence electrons. The lowest BCUT2D eigenvalue weighted by atomic mass is 10.0. The predicted molar refractivity (Wildman–Crippen MR) is 127 cm³/mol. The minimum Gasteiger partial charge on any atom is -0.380 e. The lowest BCUT2D eigenvalue weighted by Gasteiger charge is -2.35. The highest BCUT2D eigenvalue weighted by Gasteiger charge is 2.29. The number of carbonyl (C=O) groups excluding carboxylic acids is 1. The zero-order valence-electron chi connectivity index (χ0n) is 18.8. The van der Waals surface area contributed by atoms with Gasteiger partial charge in [0.25, 0.3) is 5.91 Å². The Balaban J connectivity index is 1.51. The van der Waals surface area contributed by atoms with Crippen LogP contribution in [-0.4, -0.2) is 57.3 Å². The quantitative estimate of drug-likeness (QED) is 0.537. The molecule has 0 aliphatic carbocycles. The summed E-state index contributed by atoms with van der Waals surface area (Å²) in [6.45, 7) is 4.15. The van der Waals surface area contributed by atoms with Crippen LogP contribution in [0, 0.1) is 0 Å². The lowest BCUT2D eigenvalue weighted by molar-refractivity contribution is 0.0227. The maximum Gasteiger partial charge on any atom is 0.253 e. The van der Waals surface area contributed by atoms with E-state index in [-0.39, 0.29) is 18.1 Å². The van der Waals surface area contributed by atoms with Crippen molar-refractivity contribution in [2.45, 2.75) is 32.0 Å². The second-order valence-corrected chi connectivity index (χ2v) is 8.51. The summed E-state index contributed by atoms with van der Waals surface area (Å²) < 4.78 is 9.80. The van der Waals surface area contributed by atoms with Crippen molar-refractivity contribution in [3.05, 3.63) is 54.1 Å². The van der Waals surface area contributed by atoms with Crippen molar-refractivity contribution in [3.63, 3.8) is 0 Å². The van der Waals surface area contributed by atoms with Crippen molar-refractivity contribution in [3.8, 4) is 11.5 Å². The summed E-state index contributed by atoms with van der Waals surface area (Å²) in [6, 6.07) is 16.2. The van der Waals surface area contributed by atoms with Gasteiger partial charge in [-0.1, -0.05) is 18.2 Å². The van der Waals surface area contributed by atoms with Crippen LogP contribution < -0.4 is 5.73 Å². The normalized spacial score (nSPS) is 19.2. The maximum atomic E-state index is 13.2. The highest BCUT2D eigenvalue weighted by molar-refractivity contribution is 5.98. The first-order valence-corrected chi connectivity index (χ1v) is 11.1. The number of nitrogens with zero attached hydrogens (tertiary/aromatic N) is 4. The minimum atomic E-state index is -0.168. The Morgan fingerprint density at radius 3 is 2.75 bits per heavy atom. The molecule has 1 saturated heterocycles. The van der Waals surface area contributed by atoms with Gasteiger partial charge in [-0.25, -0.2) is 4.98 Å². The van der Waals surface area contributed by atoms with Crippen LogP contribution in [0.1, 0.15) is 23.7 Å². The number of rotatable bonds is 4. The number of carbonyl (C=O) groups is 1. The van der Waals surface area contributed by atoms with E-state index in [1.54, 1.807) is 7.11 Å². The molecule has 0 spiro atoms. The monoisotopic (exact) mass is 431 g/mol. The number of likely N-dealkylation sites (tertiary alicyclic amines) is 1. The van der Waals surface area contributed by atoms with Crippen LogP contribution in [0.25, 0.3) is 33.5 Å². The van der Waals surface area contributed by atoms with E-state index < -0.39 is 0 Å². The Kier molecular flexibility index (Phi) is 5.23. The zero-order valence-corrected chi connectivity index (χ0v) is 18.8. The molecule has 2 aromatic carbocycles. The van der Waals surface area contributed by atoms with Crippen LogP contribution in [0.15, 0.2) is 48.5 Å². The molecular weight excluding hydrogens is 402 g/mol. The molecule has 1 aliphatic rings. The predicted octanol–water partition coefficient (Wildman–Crippen LogP) is 3.40. The maximum absolute atomic E-state index is 13.2. The fourth-order valence-electron chi connectivity index (χ4n) is 4.92. The third-order valence-electron chi connectivity index (χ3n) is 6.67. The van der Waals surface area contributed by atoms with E-state index >= 15 is 0 Å². The highest BCUT2D eigenvalue weighted by Crippen LogP contribution is 2.30. The van der Waals surface area contributed by atoms with Crippen LogP contribution in [0.2, 0.25) is 0 Å². The van der Waals surface area contributed by atoms with E-state index in [9.17, 15) is 4.79 Å². The Labute approximate surface area is 187 Å². The molecule has 32 heavy (non-hydrogen) atoms. The average Bonchev–Trinajstić information content (AvgIpc) is 3.35. The molecule has 0 radical (unpaired) electrons. The van der Waals surface area contributed by atoms with E-state index in [4.69, 9.17) is 15.5 Å². The number of aryl methyl sites for hydroxylation is 2. The molecule has 5 rings (SSSR count). The van der Waals surface area contributed by atoms with Gasteiger partial charge in [-0.2, -0.15) is 0 Å². The Bertz CT molecular complexity index is 1300. The molecule has 1 fully saturated rings. The van der Waals surface area contributed by atoms with Crippen molar-refractivity contribution >= 4 is 27.8 Å². The first-order chi connectivity index (χ1) is 15.5. The van der Waals surface area contributed by atoms with Crippen LogP contribution >= 0.6 is 0 Å². The van der Waals surface area contributed by atoms with E-state index in [1.807, 2.05) is 30.1 Å². The second kappa shape index (κ2) is 8.07. The molecule has 0 saturated carbocycles. The summed E-state index contributed by atoms with van der Waals surface area (Å²) in [6.07, 6.45) is 0.756. The number of aromatic nitrogens is 3. The van der Waals surface area contributed by atoms with Gasteiger partial charge in [0, 0.05) is 56.3 Å². The van der Waals surface area contributed by atoms with E-state index in [2.05, 4.69) is 46.4 Å². The van der Waals surface area contributed by atoms with Gasteiger partial charge >= 0.3 is 0 Å². The van der Waals surface area contributed by atoms with E-state index in [1.165, 1.54) is 10.9 Å². The SMILES string of the molecule is CCn1c(-c2nc3cc(C(=O)N4CC[C@H](OC)[C@@H](N)C4)ccc3n2C)cc2ccccc21. The average molecular weight is 432 g/mol. The Morgan fingerprint density at radius 2 is 2.00 bits per heavy atom. The summed E-state index contributed by atoms with van der Waals surface area (Å²) in [5.41, 5.74) is 10.9. The summed E-state index contributed by atoms with van der Waals surface area (Å²) in [5, 5.41) is 1.20. The van der Waals surface area contributed by atoms with Gasteiger partial charge in [-0.3, -0.25) is 4.79 Å². The first kappa shape index (κ1) is 20.7. The van der Waals surface area contributed by atoms with Gasteiger partial charge in [0.05, 0.1) is 22.8 Å². The highest BCUT2D eigenvalue weighted by atomic mass is 16.5. The number of hydrogen-bond acceptors (Lipinski definition) is 4. The molecule has 3 heterocycles. The van der Waals surface area contributed by atoms with Crippen LogP contribution in [-0.2, 0) is 18.3 Å². The molecule has 7 heteroatoms. The Hall–Kier alpha value is -3.16. The number of benzene rings is 2. The van der Waals surface area contributed by atoms with Gasteiger partial charge < -0.3 is 24.5 Å². The number of ether oxygens (including phenoxy) is 1. The number of piperidine rings is 1. The number of amides is 1. The van der Waals surface area contributed by atoms with E-state index in [0.717, 1.165) is 35.5 Å². The molecule has 4 aromatic rings. The van der Waals surface area contributed by atoms with Gasteiger partial charge in [0.15, 0.2) is 5.82 Å². The van der Waals surface area contributed by atoms with Crippen molar-refractivity contribution < 1.29 is 9.53 Å². The second-order valence-electron chi connectivity index (χ2n) is 8.51. The summed E-state index contributed by atoms with van der Waals surface area (Å²) in [7, 11) is 3.70. The van der Waals surface area contributed by atoms with Crippen LogP contribution in [0.3, 0.4) is 0 Å². The van der Waals surface area contributed by atoms with Crippen molar-refractivity contribution in [2.24, 2.45) is 12.8 Å². The minimum absolute atomic E-state index is 0.00481. The number of imidazole rings is 1. The molecule has 0 bridgehead atoms. The number of fused-ring (bicyclic) bond motifs is 2. The van der Waals surface area contributed by atoms with Gasteiger partial charge in [0.2, 0.25) is 0 Å². The van der Waals surface area contributed by atoms with Gasteiger partial charge in [-0.15, -0.1) is 0 Å². The number of nitrogens with two attached hydrogens (primary N) is 1. The smallest absolute Gasteiger partial charge is 0.253 e. The standard InChI is InChI=1S/C25H29N5O2/c1-4-30-20-8-6-5-7-16(20)14-22(30)24-27-19-13-17(9-10-21(19)28(24)2)25(31)29-12-11-23(32-3)18(26)15-29/h5-10,13-14,18,23H,4,11-12,15,26H2,1-3H3/t18-,23-/m0/s1. The topological polar surface area (TPSA) is 78.3 Å². The number of para-hydroxylation sites is 1. The third-order valence-corrected chi connectivity index (χ3v) is 6.67. The first-order valence-electron chi connectivity index (χ1n) is 11.1. The van der Waals surface area contributed by atoms with Crippen LogP contribution in [0.4, 0.5) is 0 Å². The Morgan fingerprint density at radius 1 is 1.19 bits per heavy atom. The lowest BCUT2D eigenvalue weighted by Crippen LogP contribution is -2.53. The molecule has 1 amide bonds. The largest absolute Gasteiger partial charge is 0.380 e. The summed E-state index contributed by atoms with van der Waals surface area (Å²) >= 11 is 0. The molecule has 0 unspecified atom stereocenters. The molecule has 1 aliphatic heterocycles. The summed E-state index contributed by atoms with van der Waals surface area (Å²) in [5.74, 6) is 0.886. The fourth-order valence-corrected chi connectivity index (χ4v) is 4.92. The number of hydrogen-bond donors (Lipinski definition) is 1. The molecule has 2 aromatic heterocycles. The van der Waals surface area contributed by atoms with E-state index in [0.29, 0.717) is 18.7 Å². The summed E-state index contributed by atoms with van der Waals surface area (Å²) in [4.78, 5) is 19.9. The van der Waals surface area contributed by atoms with Crippen molar-refractivity contribution in [2.75, 3.05) is 20.2 Å². The van der Waals surface area contributed by atoms with Gasteiger partial charge in [0.1, 0.15) is 0 Å². The number of methoxy groups -OCH3 is 1. The molecule has 7 nitrogen and oxygen atoms in total. The molecule has 2 N–H and O–H groups in total. The zero-order chi connectivity index (χ0) is 22.4. The van der Waals surface area contributed by atoms with Crippen LogP contribution in [0.5, 0.6) is 0 Å². The fraction of sp³-hybridized carbons (Fsp3) is 0.360.